The summed E-state index contributed by atoms with van der Waals surface area (Å²) in [5, 5.41) is 0.658. The Bertz CT molecular complexity index is 2080. The van der Waals surface area contributed by atoms with Crippen LogP contribution in [0, 0.1) is 0 Å². The summed E-state index contributed by atoms with van der Waals surface area (Å²) in [7, 11) is 0. The summed E-state index contributed by atoms with van der Waals surface area (Å²) in [6.07, 6.45) is 1.84. The zero-order valence-corrected chi connectivity index (χ0v) is 27.3. The first-order valence-corrected chi connectivity index (χ1v) is 16.4. The van der Waals surface area contributed by atoms with Crippen molar-refractivity contribution in [3.05, 3.63) is 161 Å². The molecule has 0 unspecified atom stereocenters. The normalized spacial score (nSPS) is 14.6. The molecule has 6 rings (SSSR count). The molecule has 0 saturated heterocycles. The first-order valence-electron chi connectivity index (χ1n) is 15.2. The summed E-state index contributed by atoms with van der Waals surface area (Å²) in [5.41, 5.74) is 5.10. The van der Waals surface area contributed by atoms with Crippen LogP contribution < -0.4 is 19.6 Å². The molecule has 0 spiro atoms. The quantitative estimate of drug-likeness (QED) is 0.157. The zero-order chi connectivity index (χ0) is 32.2. The van der Waals surface area contributed by atoms with Gasteiger partial charge in [-0.1, -0.05) is 122 Å². The summed E-state index contributed by atoms with van der Waals surface area (Å²) < 4.78 is 13.6. The van der Waals surface area contributed by atoms with Gasteiger partial charge in [-0.05, 0) is 53.8 Å². The largest absolute Gasteiger partial charge is 0.489 e. The Balaban J connectivity index is 1.44. The Morgan fingerprint density at radius 1 is 0.957 bits per heavy atom. The summed E-state index contributed by atoms with van der Waals surface area (Å²) >= 11 is 7.56. The predicted octanol–water partition coefficient (Wildman–Crippen LogP) is 7.29. The van der Waals surface area contributed by atoms with Gasteiger partial charge in [-0.15, -0.1) is 0 Å². The second kappa shape index (κ2) is 13.7. The molecule has 0 radical (unpaired) electrons. The summed E-state index contributed by atoms with van der Waals surface area (Å²) in [6.45, 7) is 6.59. The van der Waals surface area contributed by atoms with E-state index >= 15 is 0 Å². The number of ether oxygens (including phenoxy) is 2. The first kappa shape index (κ1) is 31.3. The third-order valence-electron chi connectivity index (χ3n) is 7.82. The van der Waals surface area contributed by atoms with Crippen LogP contribution in [0.2, 0.25) is 5.02 Å². The minimum atomic E-state index is -0.713. The highest BCUT2D eigenvalue weighted by atomic mass is 35.5. The van der Waals surface area contributed by atoms with Gasteiger partial charge in [0.15, 0.2) is 4.80 Å². The number of hydrogen-bond acceptors (Lipinski definition) is 6. The van der Waals surface area contributed by atoms with Crippen LogP contribution >= 0.6 is 22.9 Å². The molecule has 1 atom stereocenters. The Hall–Kier alpha value is -4.72. The lowest BCUT2D eigenvalue weighted by molar-refractivity contribution is -0.138. The van der Waals surface area contributed by atoms with Gasteiger partial charge >= 0.3 is 5.97 Å². The smallest absolute Gasteiger partial charge is 0.338 e. The number of halogens is 1. The minimum absolute atomic E-state index is 0.200. The molecule has 5 aromatic rings. The molecule has 0 N–H and O–H groups in total. The summed E-state index contributed by atoms with van der Waals surface area (Å²) in [6, 6.07) is 32.1. The van der Waals surface area contributed by atoms with Gasteiger partial charge in [0.1, 0.15) is 12.4 Å². The van der Waals surface area contributed by atoms with Gasteiger partial charge in [-0.25, -0.2) is 9.79 Å². The van der Waals surface area contributed by atoms with Crippen LogP contribution in [-0.4, -0.2) is 17.1 Å². The van der Waals surface area contributed by atoms with Gasteiger partial charge in [0.2, 0.25) is 0 Å². The van der Waals surface area contributed by atoms with E-state index in [9.17, 15) is 9.59 Å². The maximum atomic E-state index is 14.2. The molecule has 6 nitrogen and oxygen atoms in total. The Morgan fingerprint density at radius 2 is 1.65 bits per heavy atom. The highest BCUT2D eigenvalue weighted by Gasteiger charge is 2.35. The van der Waals surface area contributed by atoms with E-state index in [0.29, 0.717) is 43.9 Å². The van der Waals surface area contributed by atoms with Crippen LogP contribution in [0.5, 0.6) is 5.75 Å². The predicted molar refractivity (Wildman–Crippen MR) is 184 cm³/mol. The third-order valence-corrected chi connectivity index (χ3v) is 9.17. The number of aromatic nitrogens is 1. The number of nitrogens with zero attached hydrogens (tertiary/aromatic N) is 2. The van der Waals surface area contributed by atoms with E-state index in [0.717, 1.165) is 22.3 Å². The average molecular weight is 649 g/mol. The fraction of sp³-hybridized carbons (Fsp3) is 0.184. The molecule has 4 aromatic carbocycles. The molecule has 0 bridgehead atoms. The number of benzene rings is 4. The van der Waals surface area contributed by atoms with Crippen LogP contribution in [0.15, 0.2) is 118 Å². The molecule has 0 amide bonds. The lowest BCUT2D eigenvalue weighted by Gasteiger charge is -2.26. The highest BCUT2D eigenvalue weighted by Crippen LogP contribution is 2.35. The lowest BCUT2D eigenvalue weighted by Crippen LogP contribution is -2.40. The molecule has 8 heteroatoms. The number of fused-ring (bicyclic) bond motifs is 1. The van der Waals surface area contributed by atoms with E-state index in [1.807, 2.05) is 97.1 Å². The molecular weight excluding hydrogens is 616 g/mol. The molecule has 232 valence electrons. The van der Waals surface area contributed by atoms with E-state index in [1.165, 1.54) is 16.9 Å². The van der Waals surface area contributed by atoms with Crippen LogP contribution in [0.25, 0.3) is 11.8 Å². The lowest BCUT2D eigenvalue weighted by atomic mass is 9.91. The zero-order valence-electron chi connectivity index (χ0n) is 25.8. The Kier molecular flexibility index (Phi) is 9.33. The third kappa shape index (κ3) is 6.48. The minimum Gasteiger partial charge on any atom is -0.489 e. The van der Waals surface area contributed by atoms with Gasteiger partial charge in [0, 0.05) is 16.1 Å². The number of hydrogen-bond donors (Lipinski definition) is 0. The first-order chi connectivity index (χ1) is 22.3. The SMILES string of the molecule is CCOC(=O)C1=C(c2ccccc2)N=c2s/c(=C\c3ccc(OCc4ccccc4Cl)cc3)c(=O)n2[C@@H]1c1ccc(C(C)C)cc1. The summed E-state index contributed by atoms with van der Waals surface area (Å²) in [4.78, 5) is 33.3. The molecule has 1 aliphatic rings. The molecule has 0 fully saturated rings. The van der Waals surface area contributed by atoms with E-state index in [1.54, 1.807) is 11.5 Å². The molecule has 1 aromatic heterocycles. The van der Waals surface area contributed by atoms with Crippen LogP contribution in [0.1, 0.15) is 60.5 Å². The Morgan fingerprint density at radius 3 is 2.33 bits per heavy atom. The standard InChI is InChI=1S/C38H33ClN2O4S/c1-4-44-37(43)33-34(27-10-6-5-7-11-27)40-38-41(35(33)28-18-16-26(17-19-28)24(2)3)36(42)32(46-38)22-25-14-20-30(21-15-25)45-23-29-12-8-9-13-31(29)39/h5-22,24,35H,4,23H2,1-3H3/b32-22-/t35-/m1/s1. The Labute approximate surface area is 276 Å². The summed E-state index contributed by atoms with van der Waals surface area (Å²) in [5.74, 6) is 0.531. The van der Waals surface area contributed by atoms with Crippen molar-refractivity contribution in [1.82, 2.24) is 4.57 Å². The average Bonchev–Trinajstić information content (AvgIpc) is 3.38. The molecular formula is C38H33ClN2O4S. The van der Waals surface area contributed by atoms with Crippen molar-refractivity contribution >= 4 is 40.7 Å². The maximum absolute atomic E-state index is 14.2. The number of rotatable bonds is 9. The number of carbonyl (C=O) groups is 1. The van der Waals surface area contributed by atoms with Crippen LogP contribution in [0.3, 0.4) is 0 Å². The molecule has 46 heavy (non-hydrogen) atoms. The highest BCUT2D eigenvalue weighted by molar-refractivity contribution is 7.07. The van der Waals surface area contributed by atoms with Gasteiger partial charge in [-0.2, -0.15) is 0 Å². The molecule has 1 aliphatic heterocycles. The second-order valence-corrected chi connectivity index (χ2v) is 12.6. The second-order valence-electron chi connectivity index (χ2n) is 11.2. The van der Waals surface area contributed by atoms with Crippen molar-refractivity contribution in [2.75, 3.05) is 6.61 Å². The van der Waals surface area contributed by atoms with E-state index < -0.39 is 12.0 Å². The molecule has 0 aliphatic carbocycles. The maximum Gasteiger partial charge on any atom is 0.338 e. The number of carbonyl (C=O) groups excluding carboxylic acids is 1. The topological polar surface area (TPSA) is 69.9 Å². The number of esters is 1. The van der Waals surface area contributed by atoms with Crippen molar-refractivity contribution < 1.29 is 14.3 Å². The van der Waals surface area contributed by atoms with Gasteiger partial charge in [0.25, 0.3) is 5.56 Å². The van der Waals surface area contributed by atoms with Gasteiger partial charge in [-0.3, -0.25) is 9.36 Å². The van der Waals surface area contributed by atoms with Crippen molar-refractivity contribution in [2.24, 2.45) is 4.99 Å². The van der Waals surface area contributed by atoms with Crippen molar-refractivity contribution in [2.45, 2.75) is 39.3 Å². The fourth-order valence-corrected chi connectivity index (χ4v) is 6.60. The molecule has 2 heterocycles. The van der Waals surface area contributed by atoms with Crippen molar-refractivity contribution in [3.63, 3.8) is 0 Å². The molecule has 0 saturated carbocycles. The van der Waals surface area contributed by atoms with E-state index in [2.05, 4.69) is 26.0 Å². The van der Waals surface area contributed by atoms with Crippen molar-refractivity contribution in [3.8, 4) is 5.75 Å². The van der Waals surface area contributed by atoms with Gasteiger partial charge in [0.05, 0.1) is 28.5 Å². The number of thiazole rings is 1. The van der Waals surface area contributed by atoms with Crippen LogP contribution in [-0.2, 0) is 16.1 Å². The van der Waals surface area contributed by atoms with Crippen molar-refractivity contribution in [1.29, 1.82) is 0 Å². The monoisotopic (exact) mass is 648 g/mol. The van der Waals surface area contributed by atoms with Gasteiger partial charge < -0.3 is 9.47 Å². The van der Waals surface area contributed by atoms with Crippen LogP contribution in [0.4, 0.5) is 0 Å². The van der Waals surface area contributed by atoms with E-state index in [-0.39, 0.29) is 12.2 Å². The van der Waals surface area contributed by atoms with E-state index in [4.69, 9.17) is 26.1 Å². The fourth-order valence-electron chi connectivity index (χ4n) is 5.41.